The predicted molar refractivity (Wildman–Crippen MR) is 90.9 cm³/mol. The molecule has 22 heavy (non-hydrogen) atoms. The first-order valence-electron chi connectivity index (χ1n) is 7.66. The standard InChI is InChI=1S/C18H23NO2S/c1-4-21-16(20)12-18(2,3)11-10-15-13-19-17(22-15)14-8-6-5-7-9-14/h5-9,13H,4,10-12H2,1-3H3. The monoisotopic (exact) mass is 317 g/mol. The van der Waals surface area contributed by atoms with E-state index in [1.807, 2.05) is 31.3 Å². The molecular weight excluding hydrogens is 294 g/mol. The van der Waals surface area contributed by atoms with Crippen LogP contribution in [0.25, 0.3) is 10.6 Å². The van der Waals surface area contributed by atoms with Gasteiger partial charge in [-0.05, 0) is 25.2 Å². The Morgan fingerprint density at radius 2 is 2.00 bits per heavy atom. The molecule has 0 unspecified atom stereocenters. The minimum Gasteiger partial charge on any atom is -0.466 e. The summed E-state index contributed by atoms with van der Waals surface area (Å²) in [5.41, 5.74) is 1.10. The molecule has 0 aliphatic carbocycles. The summed E-state index contributed by atoms with van der Waals surface area (Å²) in [6.45, 7) is 6.52. The Morgan fingerprint density at radius 1 is 1.27 bits per heavy atom. The molecule has 0 bridgehead atoms. The summed E-state index contributed by atoms with van der Waals surface area (Å²) in [7, 11) is 0. The molecule has 2 rings (SSSR count). The number of rotatable bonds is 7. The zero-order valence-electron chi connectivity index (χ0n) is 13.5. The number of benzene rings is 1. The lowest BCUT2D eigenvalue weighted by Crippen LogP contribution is -2.19. The number of thiazole rings is 1. The van der Waals surface area contributed by atoms with Crippen molar-refractivity contribution in [3.63, 3.8) is 0 Å². The van der Waals surface area contributed by atoms with E-state index in [-0.39, 0.29) is 11.4 Å². The van der Waals surface area contributed by atoms with E-state index < -0.39 is 0 Å². The molecule has 0 N–H and O–H groups in total. The lowest BCUT2D eigenvalue weighted by Gasteiger charge is -2.22. The van der Waals surface area contributed by atoms with Gasteiger partial charge in [0.1, 0.15) is 5.01 Å². The van der Waals surface area contributed by atoms with Crippen LogP contribution in [0.5, 0.6) is 0 Å². The van der Waals surface area contributed by atoms with Gasteiger partial charge in [0, 0.05) is 16.6 Å². The van der Waals surface area contributed by atoms with Gasteiger partial charge >= 0.3 is 5.97 Å². The molecule has 0 aliphatic rings. The molecule has 1 aromatic carbocycles. The molecule has 0 amide bonds. The molecule has 1 heterocycles. The van der Waals surface area contributed by atoms with E-state index in [4.69, 9.17) is 4.74 Å². The fraction of sp³-hybridized carbons (Fsp3) is 0.444. The van der Waals surface area contributed by atoms with Crippen LogP contribution in [0.1, 0.15) is 38.5 Å². The van der Waals surface area contributed by atoms with Crippen LogP contribution in [0.3, 0.4) is 0 Å². The van der Waals surface area contributed by atoms with Crippen molar-refractivity contribution >= 4 is 17.3 Å². The number of hydrogen-bond donors (Lipinski definition) is 0. The Labute approximate surface area is 136 Å². The van der Waals surface area contributed by atoms with Crippen LogP contribution < -0.4 is 0 Å². The quantitative estimate of drug-likeness (QED) is 0.693. The average molecular weight is 317 g/mol. The largest absolute Gasteiger partial charge is 0.466 e. The van der Waals surface area contributed by atoms with Gasteiger partial charge in [0.25, 0.3) is 0 Å². The molecule has 4 heteroatoms. The zero-order valence-corrected chi connectivity index (χ0v) is 14.3. The topological polar surface area (TPSA) is 39.2 Å². The van der Waals surface area contributed by atoms with Crippen molar-refractivity contribution in [1.29, 1.82) is 0 Å². The van der Waals surface area contributed by atoms with Crippen molar-refractivity contribution in [2.75, 3.05) is 6.61 Å². The predicted octanol–water partition coefficient (Wildman–Crippen LogP) is 4.72. The molecule has 0 fully saturated rings. The first-order valence-corrected chi connectivity index (χ1v) is 8.47. The minimum absolute atomic E-state index is 0.0524. The van der Waals surface area contributed by atoms with Gasteiger partial charge in [-0.2, -0.15) is 0 Å². The van der Waals surface area contributed by atoms with E-state index in [0.29, 0.717) is 13.0 Å². The summed E-state index contributed by atoms with van der Waals surface area (Å²) < 4.78 is 5.04. The van der Waals surface area contributed by atoms with E-state index >= 15 is 0 Å². The highest BCUT2D eigenvalue weighted by Crippen LogP contribution is 2.31. The van der Waals surface area contributed by atoms with Crippen molar-refractivity contribution < 1.29 is 9.53 Å². The Morgan fingerprint density at radius 3 is 2.68 bits per heavy atom. The Bertz CT molecular complexity index is 605. The summed E-state index contributed by atoms with van der Waals surface area (Å²) in [5, 5.41) is 1.05. The van der Waals surface area contributed by atoms with Crippen LogP contribution in [0, 0.1) is 5.41 Å². The van der Waals surface area contributed by atoms with Gasteiger partial charge in [-0.15, -0.1) is 11.3 Å². The van der Waals surface area contributed by atoms with E-state index in [1.165, 1.54) is 4.88 Å². The highest BCUT2D eigenvalue weighted by atomic mass is 32.1. The van der Waals surface area contributed by atoms with E-state index in [1.54, 1.807) is 11.3 Å². The summed E-state index contributed by atoms with van der Waals surface area (Å²) in [4.78, 5) is 17.4. The fourth-order valence-electron chi connectivity index (χ4n) is 2.29. The van der Waals surface area contributed by atoms with Crippen LogP contribution in [0.2, 0.25) is 0 Å². The van der Waals surface area contributed by atoms with Crippen molar-refractivity contribution in [2.24, 2.45) is 5.41 Å². The smallest absolute Gasteiger partial charge is 0.306 e. The normalized spacial score (nSPS) is 11.4. The molecule has 0 saturated heterocycles. The van der Waals surface area contributed by atoms with Crippen LogP contribution in [0.4, 0.5) is 0 Å². The second kappa shape index (κ2) is 7.54. The van der Waals surface area contributed by atoms with Crippen molar-refractivity contribution in [1.82, 2.24) is 4.98 Å². The lowest BCUT2D eigenvalue weighted by atomic mass is 9.84. The summed E-state index contributed by atoms with van der Waals surface area (Å²) in [6.07, 6.45) is 4.30. The molecule has 2 aromatic rings. The molecule has 118 valence electrons. The first kappa shape index (κ1) is 16.7. The second-order valence-corrected chi connectivity index (χ2v) is 7.26. The first-order chi connectivity index (χ1) is 10.5. The van der Waals surface area contributed by atoms with E-state index in [9.17, 15) is 4.79 Å². The van der Waals surface area contributed by atoms with Crippen LogP contribution in [-0.4, -0.2) is 17.6 Å². The molecule has 0 radical (unpaired) electrons. The second-order valence-electron chi connectivity index (χ2n) is 6.14. The average Bonchev–Trinajstić information content (AvgIpc) is 2.95. The molecule has 3 nitrogen and oxygen atoms in total. The lowest BCUT2D eigenvalue weighted by molar-refractivity contribution is -0.145. The highest BCUT2D eigenvalue weighted by molar-refractivity contribution is 7.15. The molecule has 1 aromatic heterocycles. The van der Waals surface area contributed by atoms with Crippen molar-refractivity contribution in [2.45, 2.75) is 40.0 Å². The number of esters is 1. The highest BCUT2D eigenvalue weighted by Gasteiger charge is 2.23. The third-order valence-electron chi connectivity index (χ3n) is 3.55. The summed E-state index contributed by atoms with van der Waals surface area (Å²) >= 11 is 1.73. The summed E-state index contributed by atoms with van der Waals surface area (Å²) in [6, 6.07) is 10.2. The number of hydrogen-bond acceptors (Lipinski definition) is 4. The number of ether oxygens (including phenoxy) is 1. The number of aryl methyl sites for hydroxylation is 1. The minimum atomic E-state index is -0.109. The van der Waals surface area contributed by atoms with Gasteiger partial charge in [0.2, 0.25) is 0 Å². The van der Waals surface area contributed by atoms with E-state index in [2.05, 4.69) is 31.0 Å². The summed E-state index contributed by atoms with van der Waals surface area (Å²) in [5.74, 6) is -0.109. The third kappa shape index (κ3) is 4.95. The van der Waals surface area contributed by atoms with Gasteiger partial charge in [0.15, 0.2) is 0 Å². The maximum absolute atomic E-state index is 11.6. The molecular formula is C18H23NO2S. The van der Waals surface area contributed by atoms with Crippen molar-refractivity contribution in [3.8, 4) is 10.6 Å². The van der Waals surface area contributed by atoms with Crippen LogP contribution in [-0.2, 0) is 16.0 Å². The van der Waals surface area contributed by atoms with Gasteiger partial charge in [-0.1, -0.05) is 44.2 Å². The maximum atomic E-state index is 11.6. The van der Waals surface area contributed by atoms with Crippen LogP contribution >= 0.6 is 11.3 Å². The molecule has 0 atom stereocenters. The molecule has 0 saturated carbocycles. The number of carbonyl (C=O) groups is 1. The zero-order chi connectivity index (χ0) is 16.0. The van der Waals surface area contributed by atoms with E-state index in [0.717, 1.165) is 23.4 Å². The Kier molecular flexibility index (Phi) is 5.72. The van der Waals surface area contributed by atoms with Gasteiger partial charge in [0.05, 0.1) is 13.0 Å². The SMILES string of the molecule is CCOC(=O)CC(C)(C)CCc1cnc(-c2ccccc2)s1. The van der Waals surface area contributed by atoms with Crippen LogP contribution in [0.15, 0.2) is 36.5 Å². The fourth-order valence-corrected chi connectivity index (χ4v) is 3.21. The maximum Gasteiger partial charge on any atom is 0.306 e. The number of aromatic nitrogens is 1. The van der Waals surface area contributed by atoms with Gasteiger partial charge < -0.3 is 4.74 Å². The third-order valence-corrected chi connectivity index (χ3v) is 4.66. The Hall–Kier alpha value is -1.68. The Balaban J connectivity index is 1.92. The van der Waals surface area contributed by atoms with Gasteiger partial charge in [-0.25, -0.2) is 4.98 Å². The molecule has 0 spiro atoms. The van der Waals surface area contributed by atoms with Gasteiger partial charge in [-0.3, -0.25) is 4.79 Å². The molecule has 0 aliphatic heterocycles. The van der Waals surface area contributed by atoms with Crippen molar-refractivity contribution in [3.05, 3.63) is 41.4 Å². The number of carbonyl (C=O) groups excluding carboxylic acids is 1. The number of nitrogens with zero attached hydrogens (tertiary/aromatic N) is 1.